The van der Waals surface area contributed by atoms with Crippen molar-refractivity contribution < 1.29 is 0 Å². The quantitative estimate of drug-likeness (QED) is 0.0902. The molecule has 0 spiro atoms. The second-order valence-electron chi connectivity index (χ2n) is 11.1. The Kier molecular flexibility index (Phi) is 6.07. The van der Waals surface area contributed by atoms with Crippen LogP contribution in [0.3, 0.4) is 0 Å². The zero-order valence-corrected chi connectivity index (χ0v) is 24.7. The Morgan fingerprint density at radius 1 is 0.804 bits per heavy atom. The molecule has 46 heavy (non-hydrogen) atoms. The molecule has 1 aliphatic rings. The van der Waals surface area contributed by atoms with Crippen molar-refractivity contribution in [2.75, 3.05) is 5.01 Å². The lowest BCUT2D eigenvalue weighted by atomic mass is 9.90. The van der Waals surface area contributed by atoms with Crippen LogP contribution in [0.15, 0.2) is 108 Å². The first-order chi connectivity index (χ1) is 22.4. The number of benzene rings is 5. The van der Waals surface area contributed by atoms with Crippen molar-refractivity contribution in [3.05, 3.63) is 114 Å². The predicted octanol–water partition coefficient (Wildman–Crippen LogP) is 7.07. The number of pyridine rings is 1. The maximum absolute atomic E-state index is 8.09. The van der Waals surface area contributed by atoms with Crippen LogP contribution in [0, 0.1) is 10.8 Å². The van der Waals surface area contributed by atoms with Crippen LogP contribution in [0.1, 0.15) is 23.6 Å². The number of aryl methyl sites for hydroxylation is 1. The fourth-order valence-corrected chi connectivity index (χ4v) is 6.30. The molecule has 3 heterocycles. The van der Waals surface area contributed by atoms with Gasteiger partial charge in [0, 0.05) is 33.5 Å². The largest absolute Gasteiger partial charge is 0.384 e. The number of nitrogens with zero attached hydrogens (tertiary/aromatic N) is 7. The normalized spacial score (nSPS) is 12.3. The molecule has 7 bridgehead atoms. The SMILES string of the molecule is CCc1c(-c2ccccc2)cc2c3cnc4cc5c(nnn2-c2cccc(C(=N)N)c2)c(c4c13)N=NN5c1cccc(C(=N)N)c1. The van der Waals surface area contributed by atoms with Crippen molar-refractivity contribution >= 4 is 61.4 Å². The Bertz CT molecular complexity index is 2430. The lowest BCUT2D eigenvalue weighted by molar-refractivity contribution is 0.792. The summed E-state index contributed by atoms with van der Waals surface area (Å²) in [5, 5.41) is 39.6. The van der Waals surface area contributed by atoms with Crippen molar-refractivity contribution in [1.29, 1.82) is 10.8 Å². The molecule has 0 amide bonds. The molecule has 0 saturated heterocycles. The number of rotatable bonds is 6. The topological polar surface area (TPSA) is 171 Å². The Balaban J connectivity index is 1.55. The summed E-state index contributed by atoms with van der Waals surface area (Å²) in [6.07, 6.45) is 2.64. The number of anilines is 2. The number of nitrogens with one attached hydrogen (secondary N) is 2. The summed E-state index contributed by atoms with van der Waals surface area (Å²) in [5.74, 6) is -0.0917. The highest BCUT2D eigenvalue weighted by atomic mass is 15.6. The number of nitrogen functional groups attached to an aromatic ring is 2. The molecule has 11 nitrogen and oxygen atoms in total. The van der Waals surface area contributed by atoms with Crippen LogP contribution in [0.25, 0.3) is 49.5 Å². The third-order valence-corrected chi connectivity index (χ3v) is 8.44. The van der Waals surface area contributed by atoms with E-state index in [0.717, 1.165) is 50.3 Å². The number of aromatic nitrogens is 4. The predicted molar refractivity (Wildman–Crippen MR) is 182 cm³/mol. The standard InChI is InChI=1S/C35H27N11/c1-2-24-25(19-8-4-3-5-9-19)16-28-26-18-40-27-17-29-32(41-43-45(28)22-12-6-10-20(14-22)34(36)37)33(31(27)30(24)26)42-44-46(29)23-13-7-11-21(15-23)35(38)39/h3-18H,2H2,1H3,(H3,36,37)(H3,38,39). The average Bonchev–Trinajstić information content (AvgIpc) is 3.11. The van der Waals surface area contributed by atoms with Crippen LogP contribution in [0.5, 0.6) is 0 Å². The molecule has 7 aromatic rings. The fourth-order valence-electron chi connectivity index (χ4n) is 6.30. The van der Waals surface area contributed by atoms with Crippen LogP contribution in [0.4, 0.5) is 17.1 Å². The zero-order valence-electron chi connectivity index (χ0n) is 24.7. The number of amidine groups is 2. The van der Waals surface area contributed by atoms with Crippen molar-refractivity contribution in [2.24, 2.45) is 21.8 Å². The Morgan fingerprint density at radius 2 is 1.52 bits per heavy atom. The van der Waals surface area contributed by atoms with Gasteiger partial charge in [-0.15, -0.1) is 10.2 Å². The van der Waals surface area contributed by atoms with Gasteiger partial charge in [0.05, 0.1) is 28.1 Å². The van der Waals surface area contributed by atoms with E-state index < -0.39 is 0 Å². The Morgan fingerprint density at radius 3 is 2.24 bits per heavy atom. The first-order valence-electron chi connectivity index (χ1n) is 14.8. The monoisotopic (exact) mass is 601 g/mol. The molecule has 0 atom stereocenters. The number of hydrogen-bond donors (Lipinski definition) is 4. The Labute approximate surface area is 262 Å². The summed E-state index contributed by atoms with van der Waals surface area (Å²) in [7, 11) is 0. The van der Waals surface area contributed by atoms with Crippen molar-refractivity contribution in [3.63, 3.8) is 0 Å². The smallest absolute Gasteiger partial charge is 0.142 e. The van der Waals surface area contributed by atoms with Gasteiger partial charge in [0.2, 0.25) is 0 Å². The highest BCUT2D eigenvalue weighted by Gasteiger charge is 2.27. The van der Waals surface area contributed by atoms with E-state index in [9.17, 15) is 0 Å². The molecule has 222 valence electrons. The molecule has 2 aromatic heterocycles. The molecule has 0 saturated carbocycles. The molecule has 11 heteroatoms. The average molecular weight is 602 g/mol. The molecule has 0 aliphatic carbocycles. The lowest BCUT2D eigenvalue weighted by Crippen LogP contribution is -2.15. The highest BCUT2D eigenvalue weighted by molar-refractivity contribution is 6.22. The first-order valence-corrected chi connectivity index (χ1v) is 14.8. The molecule has 0 unspecified atom stereocenters. The van der Waals surface area contributed by atoms with Crippen LogP contribution >= 0.6 is 0 Å². The van der Waals surface area contributed by atoms with E-state index in [1.54, 1.807) is 27.9 Å². The van der Waals surface area contributed by atoms with Gasteiger partial charge in [0.25, 0.3) is 0 Å². The number of hydrogen-bond acceptors (Lipinski definition) is 8. The highest BCUT2D eigenvalue weighted by Crippen LogP contribution is 2.48. The van der Waals surface area contributed by atoms with Gasteiger partial charge in [-0.25, -0.2) is 9.69 Å². The van der Waals surface area contributed by atoms with Crippen LogP contribution in [-0.2, 0) is 6.42 Å². The van der Waals surface area contributed by atoms with Gasteiger partial charge in [-0.05, 0) is 59.5 Å². The minimum absolute atomic E-state index is 0.0444. The zero-order chi connectivity index (χ0) is 31.5. The third kappa shape index (κ3) is 4.09. The van der Waals surface area contributed by atoms with Gasteiger partial charge in [-0.2, -0.15) is 0 Å². The third-order valence-electron chi connectivity index (χ3n) is 8.44. The molecule has 8 rings (SSSR count). The fraction of sp³-hybridized carbons (Fsp3) is 0.0571. The molecular formula is C35H27N11. The van der Waals surface area contributed by atoms with Gasteiger partial charge < -0.3 is 11.5 Å². The molecular weight excluding hydrogens is 574 g/mol. The van der Waals surface area contributed by atoms with E-state index in [1.165, 1.54) is 0 Å². The Hall–Kier alpha value is -6.49. The maximum atomic E-state index is 8.09. The van der Waals surface area contributed by atoms with Gasteiger partial charge in [-0.3, -0.25) is 15.8 Å². The molecule has 6 N–H and O–H groups in total. The van der Waals surface area contributed by atoms with Crippen molar-refractivity contribution in [2.45, 2.75) is 13.3 Å². The van der Waals surface area contributed by atoms with E-state index in [-0.39, 0.29) is 11.7 Å². The second kappa shape index (κ2) is 10.3. The minimum Gasteiger partial charge on any atom is -0.384 e. The summed E-state index contributed by atoms with van der Waals surface area (Å²) >= 11 is 0. The van der Waals surface area contributed by atoms with E-state index in [2.05, 4.69) is 30.3 Å². The van der Waals surface area contributed by atoms with E-state index in [0.29, 0.717) is 39.4 Å². The van der Waals surface area contributed by atoms with Crippen molar-refractivity contribution in [3.8, 4) is 16.8 Å². The summed E-state index contributed by atoms with van der Waals surface area (Å²) in [5.41, 5.74) is 20.8. The van der Waals surface area contributed by atoms with Gasteiger partial charge in [-0.1, -0.05) is 72.0 Å². The number of nitrogens with two attached hydrogens (primary N) is 2. The molecule has 0 radical (unpaired) electrons. The minimum atomic E-state index is -0.0473. The summed E-state index contributed by atoms with van der Waals surface area (Å²) < 4.78 is 1.77. The summed E-state index contributed by atoms with van der Waals surface area (Å²) in [6.45, 7) is 2.15. The van der Waals surface area contributed by atoms with Crippen LogP contribution in [-0.4, -0.2) is 31.6 Å². The maximum Gasteiger partial charge on any atom is 0.142 e. The summed E-state index contributed by atoms with van der Waals surface area (Å²) in [6, 6.07) is 29.0. The lowest BCUT2D eigenvalue weighted by Gasteiger charge is -2.24. The van der Waals surface area contributed by atoms with Gasteiger partial charge in [0.1, 0.15) is 22.9 Å². The second-order valence-corrected chi connectivity index (χ2v) is 11.1. The molecule has 5 aromatic carbocycles. The summed E-state index contributed by atoms with van der Waals surface area (Å²) in [4.78, 5) is 4.97. The van der Waals surface area contributed by atoms with Crippen LogP contribution in [0.2, 0.25) is 0 Å². The van der Waals surface area contributed by atoms with Crippen molar-refractivity contribution in [1.82, 2.24) is 20.0 Å². The molecule has 1 aliphatic heterocycles. The van der Waals surface area contributed by atoms with E-state index in [1.807, 2.05) is 60.8 Å². The van der Waals surface area contributed by atoms with E-state index in [4.69, 9.17) is 42.7 Å². The van der Waals surface area contributed by atoms with Gasteiger partial charge >= 0.3 is 0 Å². The first kappa shape index (κ1) is 27.1. The van der Waals surface area contributed by atoms with Crippen LogP contribution < -0.4 is 16.5 Å². The van der Waals surface area contributed by atoms with Gasteiger partial charge in [0.15, 0.2) is 0 Å². The molecule has 0 fully saturated rings. The van der Waals surface area contributed by atoms with E-state index >= 15 is 0 Å².